The van der Waals surface area contributed by atoms with E-state index >= 15 is 0 Å². The van der Waals surface area contributed by atoms with Crippen molar-refractivity contribution < 1.29 is 23.8 Å². The van der Waals surface area contributed by atoms with E-state index in [-0.39, 0.29) is 46.8 Å². The highest BCUT2D eigenvalue weighted by molar-refractivity contribution is 6.32. The number of benzene rings is 2. The number of nitrogens with zero attached hydrogens (tertiary/aromatic N) is 2. The summed E-state index contributed by atoms with van der Waals surface area (Å²) in [5, 5.41) is 9.13. The van der Waals surface area contributed by atoms with Crippen molar-refractivity contribution in [3.8, 4) is 5.75 Å². The number of carboxylic acid groups (broad SMARTS) is 1. The number of carbonyl (C=O) groups is 2. The standard InChI is InChI=1S/C22H24ClFN2O4/c1-14-11-26(15(2)10-25(14)12-16-3-6-18(24)7-4-16)21(27)13-30-20-8-5-17(22(28)29)9-19(20)23/h3-9,14-15H,10-13H2,1-2H3,(H,28,29)/t14-,15+/m1/s1. The minimum absolute atomic E-state index is 0.0115. The van der Waals surface area contributed by atoms with E-state index in [9.17, 15) is 14.0 Å². The first-order chi connectivity index (χ1) is 14.2. The molecule has 8 heteroatoms. The number of halogens is 2. The predicted octanol–water partition coefficient (Wildman–Crippen LogP) is 3.68. The molecule has 6 nitrogen and oxygen atoms in total. The van der Waals surface area contributed by atoms with Crippen molar-refractivity contribution in [3.63, 3.8) is 0 Å². The Morgan fingerprint density at radius 3 is 2.47 bits per heavy atom. The first kappa shape index (κ1) is 22.1. The van der Waals surface area contributed by atoms with Gasteiger partial charge in [-0.3, -0.25) is 9.69 Å². The van der Waals surface area contributed by atoms with Crippen molar-refractivity contribution in [2.45, 2.75) is 32.5 Å². The number of piperazine rings is 1. The third kappa shape index (κ3) is 5.29. The SMILES string of the molecule is C[C@@H]1CN(C(=O)COc2ccc(C(=O)O)cc2Cl)[C@@H](C)CN1Cc1ccc(F)cc1. The van der Waals surface area contributed by atoms with Gasteiger partial charge in [0.2, 0.25) is 0 Å². The molecule has 1 aliphatic rings. The van der Waals surface area contributed by atoms with Crippen LogP contribution in [0.4, 0.5) is 4.39 Å². The summed E-state index contributed by atoms with van der Waals surface area (Å²) in [7, 11) is 0. The molecule has 0 spiro atoms. The molecule has 1 amide bonds. The van der Waals surface area contributed by atoms with Crippen LogP contribution in [0.25, 0.3) is 0 Å². The van der Waals surface area contributed by atoms with Gasteiger partial charge in [-0.1, -0.05) is 23.7 Å². The third-order valence-corrected chi connectivity index (χ3v) is 5.56. The lowest BCUT2D eigenvalue weighted by atomic mass is 10.1. The molecule has 160 valence electrons. The van der Waals surface area contributed by atoms with E-state index in [1.807, 2.05) is 6.92 Å². The molecular weight excluding hydrogens is 411 g/mol. The second-order valence-electron chi connectivity index (χ2n) is 7.54. The van der Waals surface area contributed by atoms with Crippen LogP contribution in [0.15, 0.2) is 42.5 Å². The van der Waals surface area contributed by atoms with Gasteiger partial charge in [0.15, 0.2) is 6.61 Å². The molecule has 0 aromatic heterocycles. The van der Waals surface area contributed by atoms with Gasteiger partial charge in [0.1, 0.15) is 11.6 Å². The number of carboxylic acids is 1. The molecular formula is C22H24ClFN2O4. The largest absolute Gasteiger partial charge is 0.482 e. The Labute approximate surface area is 179 Å². The maximum atomic E-state index is 13.1. The van der Waals surface area contributed by atoms with Gasteiger partial charge in [-0.25, -0.2) is 9.18 Å². The molecule has 3 rings (SSSR count). The van der Waals surface area contributed by atoms with E-state index in [1.165, 1.54) is 30.3 Å². The quantitative estimate of drug-likeness (QED) is 0.751. The zero-order valence-electron chi connectivity index (χ0n) is 16.8. The summed E-state index contributed by atoms with van der Waals surface area (Å²) in [6, 6.07) is 10.7. The summed E-state index contributed by atoms with van der Waals surface area (Å²) in [6.07, 6.45) is 0. The highest BCUT2D eigenvalue weighted by Crippen LogP contribution is 2.26. The van der Waals surface area contributed by atoms with Gasteiger partial charge >= 0.3 is 5.97 Å². The van der Waals surface area contributed by atoms with Crippen molar-refractivity contribution in [1.29, 1.82) is 0 Å². The van der Waals surface area contributed by atoms with Gasteiger partial charge in [-0.2, -0.15) is 0 Å². The van der Waals surface area contributed by atoms with Crippen LogP contribution in [0.2, 0.25) is 5.02 Å². The fourth-order valence-electron chi connectivity index (χ4n) is 3.56. The Hall–Kier alpha value is -2.64. The van der Waals surface area contributed by atoms with E-state index in [0.29, 0.717) is 19.6 Å². The van der Waals surface area contributed by atoms with Crippen molar-refractivity contribution in [2.24, 2.45) is 0 Å². The molecule has 0 saturated carbocycles. The number of amides is 1. The van der Waals surface area contributed by atoms with Crippen LogP contribution >= 0.6 is 11.6 Å². The third-order valence-electron chi connectivity index (χ3n) is 5.26. The highest BCUT2D eigenvalue weighted by Gasteiger charge is 2.32. The van der Waals surface area contributed by atoms with Gasteiger partial charge in [-0.05, 0) is 49.7 Å². The number of ether oxygens (including phenoxy) is 1. The van der Waals surface area contributed by atoms with Gasteiger partial charge in [-0.15, -0.1) is 0 Å². The van der Waals surface area contributed by atoms with E-state index in [0.717, 1.165) is 5.56 Å². The summed E-state index contributed by atoms with van der Waals surface area (Å²) in [6.45, 7) is 5.79. The van der Waals surface area contributed by atoms with Crippen LogP contribution in [0.3, 0.4) is 0 Å². The molecule has 2 aromatic carbocycles. The van der Waals surface area contributed by atoms with Crippen LogP contribution in [-0.2, 0) is 11.3 Å². The molecule has 30 heavy (non-hydrogen) atoms. The van der Waals surface area contributed by atoms with Gasteiger partial charge in [0.25, 0.3) is 5.91 Å². The topological polar surface area (TPSA) is 70.1 Å². The molecule has 1 N–H and O–H groups in total. The van der Waals surface area contributed by atoms with E-state index in [4.69, 9.17) is 21.4 Å². The Bertz CT molecular complexity index is 922. The van der Waals surface area contributed by atoms with Crippen molar-refractivity contribution in [1.82, 2.24) is 9.80 Å². The lowest BCUT2D eigenvalue weighted by molar-refractivity contribution is -0.139. The summed E-state index contributed by atoms with van der Waals surface area (Å²) < 4.78 is 18.7. The Morgan fingerprint density at radius 1 is 1.13 bits per heavy atom. The van der Waals surface area contributed by atoms with E-state index < -0.39 is 5.97 Å². The smallest absolute Gasteiger partial charge is 0.335 e. The summed E-state index contributed by atoms with van der Waals surface area (Å²) >= 11 is 6.06. The normalized spacial score (nSPS) is 19.5. The van der Waals surface area contributed by atoms with Gasteiger partial charge < -0.3 is 14.7 Å². The fourth-order valence-corrected chi connectivity index (χ4v) is 3.80. The van der Waals surface area contributed by atoms with Crippen LogP contribution in [-0.4, -0.2) is 58.6 Å². The molecule has 1 saturated heterocycles. The Kier molecular flexibility index (Phi) is 6.95. The highest BCUT2D eigenvalue weighted by atomic mass is 35.5. The number of hydrogen-bond acceptors (Lipinski definition) is 4. The van der Waals surface area contributed by atoms with Crippen molar-refractivity contribution in [3.05, 3.63) is 64.4 Å². The molecule has 0 radical (unpaired) electrons. The molecule has 1 aliphatic heterocycles. The molecule has 1 heterocycles. The van der Waals surface area contributed by atoms with E-state index in [2.05, 4.69) is 11.8 Å². The van der Waals surface area contributed by atoms with Crippen molar-refractivity contribution >= 4 is 23.5 Å². The first-order valence-electron chi connectivity index (χ1n) is 9.68. The number of aromatic carboxylic acids is 1. The Balaban J connectivity index is 1.57. The molecule has 2 aromatic rings. The first-order valence-corrected chi connectivity index (χ1v) is 10.1. The molecule has 0 unspecified atom stereocenters. The molecule has 0 aliphatic carbocycles. The number of hydrogen-bond donors (Lipinski definition) is 1. The monoisotopic (exact) mass is 434 g/mol. The fraction of sp³-hybridized carbons (Fsp3) is 0.364. The average Bonchev–Trinajstić information content (AvgIpc) is 2.70. The van der Waals surface area contributed by atoms with E-state index in [1.54, 1.807) is 17.0 Å². The Morgan fingerprint density at radius 2 is 1.83 bits per heavy atom. The zero-order valence-corrected chi connectivity index (χ0v) is 17.6. The minimum atomic E-state index is -1.08. The molecule has 1 fully saturated rings. The summed E-state index contributed by atoms with van der Waals surface area (Å²) in [5.74, 6) is -1.23. The van der Waals surface area contributed by atoms with Gasteiger partial charge in [0.05, 0.1) is 10.6 Å². The molecule has 0 bridgehead atoms. The molecule has 2 atom stereocenters. The predicted molar refractivity (Wildman–Crippen MR) is 111 cm³/mol. The summed E-state index contributed by atoms with van der Waals surface area (Å²) in [4.78, 5) is 27.8. The maximum Gasteiger partial charge on any atom is 0.335 e. The van der Waals surface area contributed by atoms with Crippen LogP contribution in [0.1, 0.15) is 29.8 Å². The maximum absolute atomic E-state index is 13.1. The average molecular weight is 435 g/mol. The second kappa shape index (κ2) is 9.45. The number of rotatable bonds is 6. The summed E-state index contributed by atoms with van der Waals surface area (Å²) in [5.41, 5.74) is 1.08. The van der Waals surface area contributed by atoms with Crippen LogP contribution in [0.5, 0.6) is 5.75 Å². The minimum Gasteiger partial charge on any atom is -0.482 e. The zero-order chi connectivity index (χ0) is 21.8. The lowest BCUT2D eigenvalue weighted by Crippen LogP contribution is -2.58. The van der Waals surface area contributed by atoms with Crippen molar-refractivity contribution in [2.75, 3.05) is 19.7 Å². The second-order valence-corrected chi connectivity index (χ2v) is 7.95. The van der Waals surface area contributed by atoms with Crippen LogP contribution in [0, 0.1) is 5.82 Å². The van der Waals surface area contributed by atoms with Gasteiger partial charge in [0, 0.05) is 31.7 Å². The van der Waals surface area contributed by atoms with Crippen LogP contribution < -0.4 is 4.74 Å². The lowest BCUT2D eigenvalue weighted by Gasteiger charge is -2.44. The number of carbonyl (C=O) groups excluding carboxylic acids is 1.